The van der Waals surface area contributed by atoms with Crippen molar-refractivity contribution < 1.29 is 32.3 Å². The molecule has 1 N–H and O–H groups in total. The van der Waals surface area contributed by atoms with Crippen LogP contribution in [-0.4, -0.2) is 40.2 Å². The molecule has 2 amide bonds. The van der Waals surface area contributed by atoms with Crippen molar-refractivity contribution in [1.82, 2.24) is 4.90 Å². The summed E-state index contributed by atoms with van der Waals surface area (Å²) in [7, 11) is 1.26. The fraction of sp³-hybridized carbons (Fsp3) is 0.185. The first kappa shape index (κ1) is 26.9. The van der Waals surface area contributed by atoms with Crippen LogP contribution in [0.25, 0.3) is 0 Å². The van der Waals surface area contributed by atoms with Crippen LogP contribution in [0.15, 0.2) is 83.9 Å². The first-order chi connectivity index (χ1) is 18.1. The molecule has 0 aliphatic carbocycles. The van der Waals surface area contributed by atoms with Crippen molar-refractivity contribution in [2.45, 2.75) is 24.4 Å². The monoisotopic (exact) mass is 541 g/mol. The van der Waals surface area contributed by atoms with Gasteiger partial charge in [-0.15, -0.1) is 0 Å². The van der Waals surface area contributed by atoms with Crippen LogP contribution in [0, 0.1) is 0 Å². The molecule has 11 heteroatoms. The largest absolute Gasteiger partial charge is 0.465 e. The number of nitrogens with zero attached hydrogens (tertiary/aromatic N) is 2. The Kier molecular flexibility index (Phi) is 8.16. The van der Waals surface area contributed by atoms with Gasteiger partial charge in [0.05, 0.1) is 30.5 Å². The zero-order valence-electron chi connectivity index (χ0n) is 20.1. The molecule has 3 aromatic rings. The number of methoxy groups -OCH3 is 1. The second-order valence-corrected chi connectivity index (χ2v) is 9.44. The lowest BCUT2D eigenvalue weighted by Crippen LogP contribution is -2.44. The van der Waals surface area contributed by atoms with E-state index in [4.69, 9.17) is 0 Å². The minimum Gasteiger partial charge on any atom is -0.465 e. The molecule has 1 fully saturated rings. The molecule has 7 nitrogen and oxygen atoms in total. The minimum atomic E-state index is -4.49. The number of ether oxygens (including phenoxy) is 1. The molecule has 0 radical (unpaired) electrons. The Morgan fingerprint density at radius 2 is 1.68 bits per heavy atom. The highest BCUT2D eigenvalue weighted by Gasteiger charge is 2.36. The average Bonchev–Trinajstić information content (AvgIpc) is 2.90. The number of hydrogen-bond acceptors (Lipinski definition) is 6. The molecule has 1 atom stereocenters. The third-order valence-corrected chi connectivity index (χ3v) is 6.80. The molecule has 0 saturated carbocycles. The molecule has 0 aromatic heterocycles. The second-order valence-electron chi connectivity index (χ2n) is 8.27. The zero-order valence-corrected chi connectivity index (χ0v) is 20.9. The van der Waals surface area contributed by atoms with Crippen LogP contribution in [0.4, 0.5) is 24.5 Å². The summed E-state index contributed by atoms with van der Waals surface area (Å²) in [6.45, 7) is 0.190. The van der Waals surface area contributed by atoms with E-state index >= 15 is 0 Å². The highest BCUT2D eigenvalue weighted by atomic mass is 32.2. The summed E-state index contributed by atoms with van der Waals surface area (Å²) in [6.07, 6.45) is -4.59. The first-order valence-corrected chi connectivity index (χ1v) is 12.3. The van der Waals surface area contributed by atoms with Gasteiger partial charge in [-0.1, -0.05) is 42.1 Å². The summed E-state index contributed by atoms with van der Waals surface area (Å²) in [5, 5.41) is 2.10. The SMILES string of the molecule is COC(=O)c1ccc(NC(=O)C2CC(=O)N(Cc3ccccc3)C(=Nc3ccc(C(F)(F)F)cc3)S2)cc1. The van der Waals surface area contributed by atoms with Gasteiger partial charge < -0.3 is 10.1 Å². The molecule has 1 unspecified atom stereocenters. The predicted octanol–water partition coefficient (Wildman–Crippen LogP) is 5.65. The van der Waals surface area contributed by atoms with Crippen LogP contribution < -0.4 is 5.32 Å². The lowest BCUT2D eigenvalue weighted by molar-refractivity contribution is -0.137. The van der Waals surface area contributed by atoms with Gasteiger partial charge in [0.15, 0.2) is 5.17 Å². The number of thioether (sulfide) groups is 1. The number of hydrogen-bond donors (Lipinski definition) is 1. The number of carbonyl (C=O) groups excluding carboxylic acids is 3. The maximum atomic E-state index is 13.2. The van der Waals surface area contributed by atoms with E-state index in [9.17, 15) is 27.6 Å². The van der Waals surface area contributed by atoms with Gasteiger partial charge in [-0.25, -0.2) is 9.79 Å². The number of nitrogens with one attached hydrogen (secondary N) is 1. The van der Waals surface area contributed by atoms with Crippen molar-refractivity contribution >= 4 is 46.1 Å². The van der Waals surface area contributed by atoms with Gasteiger partial charge >= 0.3 is 12.1 Å². The summed E-state index contributed by atoms with van der Waals surface area (Å²) in [5.41, 5.74) is 0.963. The van der Waals surface area contributed by atoms with Gasteiger partial charge in [-0.05, 0) is 54.1 Å². The van der Waals surface area contributed by atoms with Crippen LogP contribution in [0.5, 0.6) is 0 Å². The summed E-state index contributed by atoms with van der Waals surface area (Å²) < 4.78 is 43.6. The molecule has 4 rings (SSSR count). The smallest absolute Gasteiger partial charge is 0.416 e. The number of anilines is 1. The summed E-state index contributed by atoms with van der Waals surface area (Å²) in [5.74, 6) is -1.31. The Morgan fingerprint density at radius 3 is 2.29 bits per heavy atom. The summed E-state index contributed by atoms with van der Waals surface area (Å²) >= 11 is 1.05. The fourth-order valence-corrected chi connectivity index (χ4v) is 4.73. The van der Waals surface area contributed by atoms with Gasteiger partial charge in [0.1, 0.15) is 5.25 Å². The van der Waals surface area contributed by atoms with Crippen molar-refractivity contribution in [3.63, 3.8) is 0 Å². The quantitative estimate of drug-likeness (QED) is 0.408. The van der Waals surface area contributed by atoms with E-state index in [0.717, 1.165) is 29.5 Å². The van der Waals surface area contributed by atoms with E-state index in [-0.39, 0.29) is 29.7 Å². The Balaban J connectivity index is 1.57. The van der Waals surface area contributed by atoms with Crippen molar-refractivity contribution in [1.29, 1.82) is 0 Å². The van der Waals surface area contributed by atoms with Crippen LogP contribution in [-0.2, 0) is 27.0 Å². The molecule has 196 valence electrons. The summed E-state index contributed by atoms with van der Waals surface area (Å²) in [4.78, 5) is 43.7. The molecule has 1 aliphatic rings. The number of alkyl halides is 3. The van der Waals surface area contributed by atoms with E-state index in [1.807, 2.05) is 30.3 Å². The second kappa shape index (κ2) is 11.5. The van der Waals surface area contributed by atoms with E-state index < -0.39 is 28.9 Å². The van der Waals surface area contributed by atoms with Gasteiger partial charge in [-0.2, -0.15) is 13.2 Å². The van der Waals surface area contributed by atoms with Gasteiger partial charge in [0.2, 0.25) is 11.8 Å². The first-order valence-electron chi connectivity index (χ1n) is 11.4. The topological polar surface area (TPSA) is 88.1 Å². The molecular weight excluding hydrogens is 519 g/mol. The Bertz CT molecular complexity index is 1340. The van der Waals surface area contributed by atoms with E-state index in [2.05, 4.69) is 15.0 Å². The average molecular weight is 542 g/mol. The number of amides is 2. The van der Waals surface area contributed by atoms with Crippen molar-refractivity contribution in [2.24, 2.45) is 4.99 Å². The molecule has 0 bridgehead atoms. The van der Waals surface area contributed by atoms with Crippen molar-refractivity contribution in [2.75, 3.05) is 12.4 Å². The third-order valence-electron chi connectivity index (χ3n) is 5.61. The molecule has 1 aliphatic heterocycles. The van der Waals surface area contributed by atoms with Crippen LogP contribution in [0.1, 0.15) is 27.9 Å². The Labute approximate surface area is 220 Å². The van der Waals surface area contributed by atoms with Crippen molar-refractivity contribution in [3.05, 3.63) is 95.6 Å². The predicted molar refractivity (Wildman–Crippen MR) is 138 cm³/mol. The zero-order chi connectivity index (χ0) is 27.3. The number of carbonyl (C=O) groups is 3. The maximum absolute atomic E-state index is 13.2. The number of aliphatic imine (C=N–C) groups is 1. The fourth-order valence-electron chi connectivity index (χ4n) is 3.63. The van der Waals surface area contributed by atoms with Crippen molar-refractivity contribution in [3.8, 4) is 0 Å². The minimum absolute atomic E-state index is 0.102. The molecular formula is C27H22F3N3O4S. The molecule has 1 heterocycles. The van der Waals surface area contributed by atoms with E-state index in [0.29, 0.717) is 11.3 Å². The van der Waals surface area contributed by atoms with Crippen LogP contribution in [0.2, 0.25) is 0 Å². The lowest BCUT2D eigenvalue weighted by Gasteiger charge is -2.32. The number of rotatable bonds is 6. The normalized spacial score (nSPS) is 16.8. The maximum Gasteiger partial charge on any atom is 0.416 e. The van der Waals surface area contributed by atoms with E-state index in [1.165, 1.54) is 36.3 Å². The molecule has 38 heavy (non-hydrogen) atoms. The number of benzene rings is 3. The van der Waals surface area contributed by atoms with Crippen LogP contribution in [0.3, 0.4) is 0 Å². The highest BCUT2D eigenvalue weighted by molar-refractivity contribution is 8.15. The van der Waals surface area contributed by atoms with Gasteiger partial charge in [0.25, 0.3) is 0 Å². The molecule has 0 spiro atoms. The molecule has 1 saturated heterocycles. The standard InChI is InChI=1S/C27H22F3N3O4S/c1-37-25(36)18-7-11-20(12-8-18)31-24(35)22-15-23(34)33(16-17-5-3-2-4-6-17)26(38-22)32-21-13-9-19(10-14-21)27(28,29)30/h2-14,22H,15-16H2,1H3,(H,31,35). The molecule has 3 aromatic carbocycles. The highest BCUT2D eigenvalue weighted by Crippen LogP contribution is 2.33. The number of halogens is 3. The Hall–Kier alpha value is -4.12. The Morgan fingerprint density at radius 1 is 1.03 bits per heavy atom. The third kappa shape index (κ3) is 6.60. The summed E-state index contributed by atoms with van der Waals surface area (Å²) in [6, 6.07) is 19.5. The lowest BCUT2D eigenvalue weighted by atomic mass is 10.2. The van der Waals surface area contributed by atoms with Crippen LogP contribution >= 0.6 is 11.8 Å². The van der Waals surface area contributed by atoms with Gasteiger partial charge in [0, 0.05) is 12.1 Å². The van der Waals surface area contributed by atoms with E-state index in [1.54, 1.807) is 12.1 Å². The number of esters is 1. The van der Waals surface area contributed by atoms with Gasteiger partial charge in [-0.3, -0.25) is 14.5 Å². The number of amidine groups is 1.